The maximum Gasteiger partial charge on any atom is 0.231 e. The van der Waals surface area contributed by atoms with Gasteiger partial charge in [-0.05, 0) is 25.0 Å². The highest BCUT2D eigenvalue weighted by Gasteiger charge is 2.16. The summed E-state index contributed by atoms with van der Waals surface area (Å²) in [4.78, 5) is 2.19. The molecular weight excluding hydrogens is 226 g/mol. The normalized spacial score (nSPS) is 12.9. The molecule has 2 rings (SSSR count). The minimum Gasteiger partial charge on any atom is -0.454 e. The molecule has 0 amide bonds. The van der Waals surface area contributed by atoms with Gasteiger partial charge in [0, 0.05) is 31.2 Å². The fourth-order valence-corrected chi connectivity index (χ4v) is 1.98. The number of hydrogen-bond acceptors (Lipinski definition) is 3. The van der Waals surface area contributed by atoms with Crippen LogP contribution in [0.25, 0.3) is 0 Å². The molecule has 1 aliphatic rings. The third-order valence-corrected chi connectivity index (χ3v) is 3.00. The van der Waals surface area contributed by atoms with Crippen LogP contribution in [0.4, 0.5) is 5.69 Å². The van der Waals surface area contributed by atoms with Gasteiger partial charge in [-0.25, -0.2) is 0 Å². The molecule has 0 saturated heterocycles. The van der Waals surface area contributed by atoms with Gasteiger partial charge in [-0.2, -0.15) is 0 Å². The molecule has 0 aromatic heterocycles. The van der Waals surface area contributed by atoms with Crippen molar-refractivity contribution < 1.29 is 9.47 Å². The maximum atomic E-state index is 5.70. The number of hydrogen-bond donors (Lipinski definition) is 0. The fraction of sp³-hybridized carbons (Fsp3) is 0.500. The summed E-state index contributed by atoms with van der Waals surface area (Å²) >= 11 is 5.70. The first kappa shape index (κ1) is 11.4. The van der Waals surface area contributed by atoms with Crippen molar-refractivity contribution in [3.63, 3.8) is 0 Å². The van der Waals surface area contributed by atoms with Gasteiger partial charge in [0.1, 0.15) is 0 Å². The Labute approximate surface area is 101 Å². The van der Waals surface area contributed by atoms with Crippen LogP contribution in [0.1, 0.15) is 12.0 Å². The maximum absolute atomic E-state index is 5.70. The summed E-state index contributed by atoms with van der Waals surface area (Å²) in [5, 5.41) is 0. The molecule has 88 valence electrons. The van der Waals surface area contributed by atoms with Gasteiger partial charge < -0.3 is 14.4 Å². The van der Waals surface area contributed by atoms with E-state index in [9.17, 15) is 0 Å². The van der Waals surface area contributed by atoms with Crippen LogP contribution in [-0.4, -0.2) is 26.3 Å². The van der Waals surface area contributed by atoms with Crippen molar-refractivity contribution in [1.82, 2.24) is 0 Å². The Morgan fingerprint density at radius 3 is 2.69 bits per heavy atom. The summed E-state index contributed by atoms with van der Waals surface area (Å²) < 4.78 is 10.7. The van der Waals surface area contributed by atoms with Gasteiger partial charge >= 0.3 is 0 Å². The molecule has 0 spiro atoms. The average Bonchev–Trinajstić information content (AvgIpc) is 2.71. The minimum absolute atomic E-state index is 0.323. The van der Waals surface area contributed by atoms with Crippen molar-refractivity contribution in [2.24, 2.45) is 0 Å². The molecule has 16 heavy (non-hydrogen) atoms. The largest absolute Gasteiger partial charge is 0.454 e. The Hall–Kier alpha value is -1.09. The van der Waals surface area contributed by atoms with Crippen molar-refractivity contribution in [2.45, 2.75) is 13.3 Å². The molecule has 0 N–H and O–H groups in total. The van der Waals surface area contributed by atoms with E-state index in [1.807, 2.05) is 12.1 Å². The zero-order chi connectivity index (χ0) is 11.5. The minimum atomic E-state index is 0.323. The Bertz CT molecular complexity index is 382. The Balaban J connectivity index is 2.20. The van der Waals surface area contributed by atoms with Gasteiger partial charge in [0.25, 0.3) is 0 Å². The molecule has 0 fully saturated rings. The van der Waals surface area contributed by atoms with Crippen LogP contribution in [0.15, 0.2) is 12.1 Å². The number of ether oxygens (including phenoxy) is 2. The van der Waals surface area contributed by atoms with Crippen molar-refractivity contribution >= 4 is 17.3 Å². The van der Waals surface area contributed by atoms with Crippen LogP contribution in [0.2, 0.25) is 0 Å². The topological polar surface area (TPSA) is 21.7 Å². The lowest BCUT2D eigenvalue weighted by Crippen LogP contribution is -2.19. The zero-order valence-corrected chi connectivity index (χ0v) is 10.4. The number of rotatable bonds is 4. The SMILES string of the molecule is Cc1cc2c(cc1N(C)CCCCl)OCO2. The van der Waals surface area contributed by atoms with Crippen LogP contribution < -0.4 is 14.4 Å². The molecular formula is C12H16ClNO2. The Morgan fingerprint density at radius 1 is 1.31 bits per heavy atom. The number of fused-ring (bicyclic) bond motifs is 1. The second-order valence-corrected chi connectivity index (χ2v) is 4.33. The standard InChI is InChI=1S/C12H16ClNO2/c1-9-6-11-12(16-8-15-11)7-10(9)14(2)5-3-4-13/h6-7H,3-5,8H2,1-2H3. The Morgan fingerprint density at radius 2 is 2.00 bits per heavy atom. The number of nitrogens with zero attached hydrogens (tertiary/aromatic N) is 1. The summed E-state index contributed by atoms with van der Waals surface area (Å²) in [5.74, 6) is 2.36. The molecule has 0 unspecified atom stereocenters. The molecule has 0 aliphatic carbocycles. The molecule has 0 bridgehead atoms. The predicted molar refractivity (Wildman–Crippen MR) is 65.9 cm³/mol. The molecule has 1 aromatic rings. The second-order valence-electron chi connectivity index (χ2n) is 3.96. The van der Waals surface area contributed by atoms with E-state index in [0.29, 0.717) is 12.7 Å². The Kier molecular flexibility index (Phi) is 3.44. The molecule has 1 heterocycles. The number of aryl methyl sites for hydroxylation is 1. The van der Waals surface area contributed by atoms with Crippen LogP contribution in [0.3, 0.4) is 0 Å². The van der Waals surface area contributed by atoms with Crippen molar-refractivity contribution in [3.05, 3.63) is 17.7 Å². The first-order valence-corrected chi connectivity index (χ1v) is 5.93. The van der Waals surface area contributed by atoms with E-state index < -0.39 is 0 Å². The monoisotopic (exact) mass is 241 g/mol. The van der Waals surface area contributed by atoms with Gasteiger partial charge in [0.15, 0.2) is 11.5 Å². The number of benzene rings is 1. The quantitative estimate of drug-likeness (QED) is 0.757. The van der Waals surface area contributed by atoms with Crippen LogP contribution in [-0.2, 0) is 0 Å². The molecule has 0 saturated carbocycles. The van der Waals surface area contributed by atoms with E-state index in [1.165, 1.54) is 11.3 Å². The number of anilines is 1. The highest BCUT2D eigenvalue weighted by atomic mass is 35.5. The van der Waals surface area contributed by atoms with Crippen LogP contribution in [0.5, 0.6) is 11.5 Å². The van der Waals surface area contributed by atoms with Crippen LogP contribution in [0, 0.1) is 6.92 Å². The number of halogens is 1. The molecule has 1 aromatic carbocycles. The first-order valence-electron chi connectivity index (χ1n) is 5.39. The van der Waals surface area contributed by atoms with E-state index in [2.05, 4.69) is 18.9 Å². The first-order chi connectivity index (χ1) is 7.72. The molecule has 4 heteroatoms. The predicted octanol–water partition coefficient (Wildman–Crippen LogP) is 2.79. The third kappa shape index (κ3) is 2.19. The fourth-order valence-electron chi connectivity index (χ4n) is 1.86. The van der Waals surface area contributed by atoms with E-state index in [-0.39, 0.29) is 0 Å². The van der Waals surface area contributed by atoms with Gasteiger partial charge in [-0.15, -0.1) is 11.6 Å². The highest BCUT2D eigenvalue weighted by Crippen LogP contribution is 2.37. The zero-order valence-electron chi connectivity index (χ0n) is 9.62. The van der Waals surface area contributed by atoms with Gasteiger partial charge in [0.2, 0.25) is 6.79 Å². The molecule has 0 radical (unpaired) electrons. The van der Waals surface area contributed by atoms with E-state index >= 15 is 0 Å². The van der Waals surface area contributed by atoms with E-state index in [1.54, 1.807) is 0 Å². The average molecular weight is 242 g/mol. The summed E-state index contributed by atoms with van der Waals surface area (Å²) in [7, 11) is 2.07. The summed E-state index contributed by atoms with van der Waals surface area (Å²) in [6.07, 6.45) is 0.978. The third-order valence-electron chi connectivity index (χ3n) is 2.73. The summed E-state index contributed by atoms with van der Waals surface area (Å²) in [5.41, 5.74) is 2.37. The smallest absolute Gasteiger partial charge is 0.231 e. The van der Waals surface area contributed by atoms with Crippen molar-refractivity contribution in [3.8, 4) is 11.5 Å². The highest BCUT2D eigenvalue weighted by molar-refractivity contribution is 6.17. The van der Waals surface area contributed by atoms with Gasteiger partial charge in [-0.3, -0.25) is 0 Å². The second kappa shape index (κ2) is 4.83. The van der Waals surface area contributed by atoms with Crippen molar-refractivity contribution in [1.29, 1.82) is 0 Å². The summed E-state index contributed by atoms with van der Waals surface area (Å²) in [6, 6.07) is 4.06. The molecule has 3 nitrogen and oxygen atoms in total. The van der Waals surface area contributed by atoms with Crippen molar-refractivity contribution in [2.75, 3.05) is 31.2 Å². The molecule has 1 aliphatic heterocycles. The lowest BCUT2D eigenvalue weighted by Gasteiger charge is -2.21. The lowest BCUT2D eigenvalue weighted by molar-refractivity contribution is 0.174. The van der Waals surface area contributed by atoms with Crippen LogP contribution >= 0.6 is 11.6 Å². The van der Waals surface area contributed by atoms with E-state index in [0.717, 1.165) is 24.5 Å². The van der Waals surface area contributed by atoms with E-state index in [4.69, 9.17) is 21.1 Å². The number of alkyl halides is 1. The summed E-state index contributed by atoms with van der Waals surface area (Å²) in [6.45, 7) is 3.35. The van der Waals surface area contributed by atoms with Gasteiger partial charge in [-0.1, -0.05) is 0 Å². The molecule has 0 atom stereocenters. The van der Waals surface area contributed by atoms with Gasteiger partial charge in [0.05, 0.1) is 0 Å². The lowest BCUT2D eigenvalue weighted by atomic mass is 10.1.